The van der Waals surface area contributed by atoms with Gasteiger partial charge in [-0.25, -0.2) is 0 Å². The Morgan fingerprint density at radius 2 is 2.25 bits per heavy atom. The van der Waals surface area contributed by atoms with Crippen LogP contribution >= 0.6 is 15.9 Å². The molecule has 1 saturated heterocycles. The molecule has 3 unspecified atom stereocenters. The van der Waals surface area contributed by atoms with Crippen molar-refractivity contribution in [2.45, 2.75) is 37.9 Å². The van der Waals surface area contributed by atoms with Gasteiger partial charge in [-0.05, 0) is 31.1 Å². The van der Waals surface area contributed by atoms with Crippen molar-refractivity contribution in [3.05, 3.63) is 0 Å². The molecule has 1 aliphatic rings. The molecular formula is C10H19BrO. The third-order valence-corrected chi connectivity index (χ3v) is 3.07. The van der Waals surface area contributed by atoms with E-state index in [1.54, 1.807) is 0 Å². The number of halogens is 1. The highest BCUT2D eigenvalue weighted by Gasteiger charge is 2.21. The van der Waals surface area contributed by atoms with Gasteiger partial charge in [0.05, 0.1) is 0 Å². The molecule has 0 amide bonds. The first-order valence-electron chi connectivity index (χ1n) is 4.92. The summed E-state index contributed by atoms with van der Waals surface area (Å²) in [6, 6.07) is 0. The van der Waals surface area contributed by atoms with Gasteiger partial charge in [-0.2, -0.15) is 0 Å². The fraction of sp³-hybridized carbons (Fsp3) is 1.00. The van der Waals surface area contributed by atoms with Crippen LogP contribution in [0.15, 0.2) is 0 Å². The molecule has 2 heteroatoms. The summed E-state index contributed by atoms with van der Waals surface area (Å²) < 4.78 is 5.47. The fourth-order valence-electron chi connectivity index (χ4n) is 1.92. The van der Waals surface area contributed by atoms with E-state index < -0.39 is 0 Å². The minimum Gasteiger partial charge on any atom is -0.381 e. The highest BCUT2D eigenvalue weighted by Crippen LogP contribution is 2.26. The van der Waals surface area contributed by atoms with E-state index in [2.05, 4.69) is 29.8 Å². The van der Waals surface area contributed by atoms with E-state index in [9.17, 15) is 0 Å². The minimum absolute atomic E-state index is 0.648. The molecule has 1 heterocycles. The summed E-state index contributed by atoms with van der Waals surface area (Å²) in [6.07, 6.45) is 3.89. The molecule has 1 aliphatic heterocycles. The maximum atomic E-state index is 5.47. The second-order valence-corrected chi connectivity index (χ2v) is 5.53. The van der Waals surface area contributed by atoms with Crippen molar-refractivity contribution in [3.8, 4) is 0 Å². The minimum atomic E-state index is 0.648. The van der Waals surface area contributed by atoms with Crippen molar-refractivity contribution in [1.29, 1.82) is 0 Å². The van der Waals surface area contributed by atoms with E-state index in [1.165, 1.54) is 19.3 Å². The van der Waals surface area contributed by atoms with Gasteiger partial charge < -0.3 is 4.74 Å². The smallest absolute Gasteiger partial charge is 0.0496 e. The molecule has 0 aromatic carbocycles. The van der Waals surface area contributed by atoms with Crippen LogP contribution in [0.1, 0.15) is 33.1 Å². The van der Waals surface area contributed by atoms with Crippen molar-refractivity contribution < 1.29 is 4.74 Å². The Bertz CT molecular complexity index is 119. The predicted octanol–water partition coefficient (Wildman–Crippen LogP) is 3.22. The quantitative estimate of drug-likeness (QED) is 0.682. The number of alkyl halides is 1. The van der Waals surface area contributed by atoms with E-state index in [-0.39, 0.29) is 0 Å². The van der Waals surface area contributed by atoms with Gasteiger partial charge in [0.2, 0.25) is 0 Å². The SMILES string of the molecule is CC(Br)CC(C)C1CCCOC1. The summed E-state index contributed by atoms with van der Waals surface area (Å²) in [7, 11) is 0. The summed E-state index contributed by atoms with van der Waals surface area (Å²) in [5.41, 5.74) is 0. The average molecular weight is 235 g/mol. The first kappa shape index (κ1) is 10.5. The Labute approximate surface area is 84.0 Å². The Balaban J connectivity index is 2.24. The summed E-state index contributed by atoms with van der Waals surface area (Å²) in [5.74, 6) is 1.61. The van der Waals surface area contributed by atoms with Crippen molar-refractivity contribution in [3.63, 3.8) is 0 Å². The van der Waals surface area contributed by atoms with Crippen molar-refractivity contribution >= 4 is 15.9 Å². The van der Waals surface area contributed by atoms with E-state index >= 15 is 0 Å². The van der Waals surface area contributed by atoms with Crippen molar-refractivity contribution in [1.82, 2.24) is 0 Å². The predicted molar refractivity (Wildman–Crippen MR) is 55.7 cm³/mol. The van der Waals surface area contributed by atoms with Crippen molar-refractivity contribution in [2.75, 3.05) is 13.2 Å². The molecule has 3 atom stereocenters. The number of rotatable bonds is 3. The first-order valence-corrected chi connectivity index (χ1v) is 5.83. The molecule has 0 bridgehead atoms. The van der Waals surface area contributed by atoms with Gasteiger partial charge in [-0.1, -0.05) is 29.8 Å². The standard InChI is InChI=1S/C10H19BrO/c1-8(6-9(2)11)10-4-3-5-12-7-10/h8-10H,3-7H2,1-2H3. The highest BCUT2D eigenvalue weighted by molar-refractivity contribution is 9.09. The molecule has 0 aromatic heterocycles. The summed E-state index contributed by atoms with van der Waals surface area (Å²) >= 11 is 3.60. The van der Waals surface area contributed by atoms with Gasteiger partial charge >= 0.3 is 0 Å². The van der Waals surface area contributed by atoms with Crippen LogP contribution in [0.5, 0.6) is 0 Å². The first-order chi connectivity index (χ1) is 5.70. The summed E-state index contributed by atoms with van der Waals surface area (Å²) in [4.78, 5) is 0.648. The zero-order valence-electron chi connectivity index (χ0n) is 8.05. The maximum Gasteiger partial charge on any atom is 0.0496 e. The third kappa shape index (κ3) is 3.44. The van der Waals surface area contributed by atoms with E-state index in [0.717, 1.165) is 25.0 Å². The van der Waals surface area contributed by atoms with Crippen LogP contribution in [0.2, 0.25) is 0 Å². The van der Waals surface area contributed by atoms with Crippen LogP contribution < -0.4 is 0 Å². The van der Waals surface area contributed by atoms with Crippen LogP contribution in [0, 0.1) is 11.8 Å². The summed E-state index contributed by atoms with van der Waals surface area (Å²) in [5, 5.41) is 0. The molecular weight excluding hydrogens is 216 g/mol. The van der Waals surface area contributed by atoms with Gasteiger partial charge in [0.1, 0.15) is 0 Å². The fourth-order valence-corrected chi connectivity index (χ4v) is 2.51. The molecule has 1 rings (SSSR count). The molecule has 0 aliphatic carbocycles. The van der Waals surface area contributed by atoms with Crippen molar-refractivity contribution in [2.24, 2.45) is 11.8 Å². The average Bonchev–Trinajstić information content (AvgIpc) is 2.05. The zero-order chi connectivity index (χ0) is 8.97. The number of ether oxygens (including phenoxy) is 1. The Hall–Kier alpha value is 0.440. The van der Waals surface area contributed by atoms with E-state index in [1.807, 2.05) is 0 Å². The monoisotopic (exact) mass is 234 g/mol. The Kier molecular flexibility index (Phi) is 4.59. The second-order valence-electron chi connectivity index (χ2n) is 3.97. The van der Waals surface area contributed by atoms with Gasteiger partial charge in [0.15, 0.2) is 0 Å². The lowest BCUT2D eigenvalue weighted by Gasteiger charge is -2.28. The van der Waals surface area contributed by atoms with Crippen LogP contribution in [0.4, 0.5) is 0 Å². The third-order valence-electron chi connectivity index (χ3n) is 2.70. The normalized spacial score (nSPS) is 29.8. The molecule has 0 saturated carbocycles. The number of hydrogen-bond donors (Lipinski definition) is 0. The second kappa shape index (κ2) is 5.23. The van der Waals surface area contributed by atoms with Gasteiger partial charge in [0.25, 0.3) is 0 Å². The van der Waals surface area contributed by atoms with Crippen LogP contribution in [0.25, 0.3) is 0 Å². The van der Waals surface area contributed by atoms with Crippen LogP contribution in [-0.4, -0.2) is 18.0 Å². The molecule has 1 nitrogen and oxygen atoms in total. The molecule has 0 radical (unpaired) electrons. The zero-order valence-corrected chi connectivity index (χ0v) is 9.64. The topological polar surface area (TPSA) is 9.23 Å². The van der Waals surface area contributed by atoms with Gasteiger partial charge in [0, 0.05) is 18.0 Å². The van der Waals surface area contributed by atoms with Crippen LogP contribution in [-0.2, 0) is 4.74 Å². The van der Waals surface area contributed by atoms with Gasteiger partial charge in [-0.15, -0.1) is 0 Å². The highest BCUT2D eigenvalue weighted by atomic mass is 79.9. The van der Waals surface area contributed by atoms with Gasteiger partial charge in [-0.3, -0.25) is 0 Å². The van der Waals surface area contributed by atoms with E-state index in [0.29, 0.717) is 4.83 Å². The summed E-state index contributed by atoms with van der Waals surface area (Å²) in [6.45, 7) is 6.53. The lowest BCUT2D eigenvalue weighted by atomic mass is 9.86. The molecule has 1 fully saturated rings. The largest absolute Gasteiger partial charge is 0.381 e. The maximum absolute atomic E-state index is 5.47. The molecule has 12 heavy (non-hydrogen) atoms. The Morgan fingerprint density at radius 1 is 1.50 bits per heavy atom. The lowest BCUT2D eigenvalue weighted by molar-refractivity contribution is 0.0326. The lowest BCUT2D eigenvalue weighted by Crippen LogP contribution is -2.24. The van der Waals surface area contributed by atoms with Crippen LogP contribution in [0.3, 0.4) is 0 Å². The molecule has 0 aromatic rings. The number of hydrogen-bond acceptors (Lipinski definition) is 1. The Morgan fingerprint density at radius 3 is 2.75 bits per heavy atom. The molecule has 0 spiro atoms. The molecule has 0 N–H and O–H groups in total. The molecule has 72 valence electrons. The van der Waals surface area contributed by atoms with E-state index in [4.69, 9.17) is 4.74 Å².